The Morgan fingerprint density at radius 2 is 2.16 bits per heavy atom. The summed E-state index contributed by atoms with van der Waals surface area (Å²) >= 11 is 0. The molecule has 4 heteroatoms. The van der Waals surface area contributed by atoms with E-state index in [2.05, 4.69) is 15.9 Å². The second-order valence-electron chi connectivity index (χ2n) is 4.07. The highest BCUT2D eigenvalue weighted by Gasteiger charge is 2.15. The van der Waals surface area contributed by atoms with E-state index in [0.29, 0.717) is 17.3 Å². The average Bonchev–Trinajstić information content (AvgIpc) is 2.83. The second kappa shape index (κ2) is 4.62. The van der Waals surface area contributed by atoms with Gasteiger partial charge in [-0.3, -0.25) is 0 Å². The number of hydrogen-bond donors (Lipinski definition) is 0. The van der Waals surface area contributed by atoms with Gasteiger partial charge in [-0.1, -0.05) is 25.0 Å². The van der Waals surface area contributed by atoms with Gasteiger partial charge in [-0.05, 0) is 12.1 Å². The van der Waals surface area contributed by atoms with Crippen LogP contribution < -0.4 is 4.74 Å². The summed E-state index contributed by atoms with van der Waals surface area (Å²) in [5.41, 5.74) is 2.09. The zero-order valence-electron chi connectivity index (χ0n) is 10.5. The molecular formula is C15H12N2O2. The normalized spacial score (nSPS) is 10.7. The van der Waals surface area contributed by atoms with E-state index in [4.69, 9.17) is 15.6 Å². The average molecular weight is 252 g/mol. The molecule has 0 bridgehead atoms. The van der Waals surface area contributed by atoms with Gasteiger partial charge in [-0.15, -0.1) is 6.42 Å². The van der Waals surface area contributed by atoms with Crippen LogP contribution in [-0.2, 0) is 6.42 Å². The first-order valence-corrected chi connectivity index (χ1v) is 6.08. The van der Waals surface area contributed by atoms with Crippen LogP contribution in [0.15, 0.2) is 28.7 Å². The van der Waals surface area contributed by atoms with Crippen molar-refractivity contribution < 1.29 is 9.15 Å². The van der Waals surface area contributed by atoms with E-state index in [1.807, 2.05) is 31.2 Å². The number of aromatic nitrogens is 2. The van der Waals surface area contributed by atoms with E-state index >= 15 is 0 Å². The first-order chi connectivity index (χ1) is 9.33. The summed E-state index contributed by atoms with van der Waals surface area (Å²) in [5, 5.41) is 0.958. The fourth-order valence-electron chi connectivity index (χ4n) is 1.98. The summed E-state index contributed by atoms with van der Waals surface area (Å²) in [7, 11) is 0. The highest BCUT2D eigenvalue weighted by Crippen LogP contribution is 2.32. The number of aryl methyl sites for hydroxylation is 1. The Balaban J connectivity index is 2.31. The summed E-state index contributed by atoms with van der Waals surface area (Å²) in [6, 6.07) is 7.74. The van der Waals surface area contributed by atoms with E-state index in [0.717, 1.165) is 22.9 Å². The zero-order chi connectivity index (χ0) is 13.2. The maximum Gasteiger partial charge on any atom is 0.262 e. The van der Waals surface area contributed by atoms with Gasteiger partial charge >= 0.3 is 0 Å². The monoisotopic (exact) mass is 252 g/mol. The minimum absolute atomic E-state index is 0.159. The van der Waals surface area contributed by atoms with E-state index in [-0.39, 0.29) is 6.61 Å². The SMILES string of the molecule is C#CCOc1nc(CC)nc2c1oc1ccccc12. The summed E-state index contributed by atoms with van der Waals surface area (Å²) in [5.74, 6) is 3.55. The number of hydrogen-bond acceptors (Lipinski definition) is 4. The fraction of sp³-hybridized carbons (Fsp3) is 0.200. The molecule has 2 heterocycles. The van der Waals surface area contributed by atoms with Crippen LogP contribution in [0.2, 0.25) is 0 Å². The number of rotatable bonds is 3. The minimum atomic E-state index is 0.159. The third-order valence-electron chi connectivity index (χ3n) is 2.84. The van der Waals surface area contributed by atoms with Gasteiger partial charge in [0.25, 0.3) is 5.88 Å². The molecule has 0 fully saturated rings. The van der Waals surface area contributed by atoms with Crippen LogP contribution in [0.4, 0.5) is 0 Å². The number of ether oxygens (including phenoxy) is 1. The number of terminal acetylenes is 1. The first-order valence-electron chi connectivity index (χ1n) is 6.08. The fourth-order valence-corrected chi connectivity index (χ4v) is 1.98. The van der Waals surface area contributed by atoms with Crippen molar-refractivity contribution in [3.63, 3.8) is 0 Å². The quantitative estimate of drug-likeness (QED) is 0.672. The van der Waals surface area contributed by atoms with Crippen molar-refractivity contribution in [1.82, 2.24) is 9.97 Å². The van der Waals surface area contributed by atoms with E-state index in [9.17, 15) is 0 Å². The maximum absolute atomic E-state index is 5.76. The summed E-state index contributed by atoms with van der Waals surface area (Å²) in [4.78, 5) is 8.84. The van der Waals surface area contributed by atoms with Crippen LogP contribution in [0.1, 0.15) is 12.7 Å². The predicted octanol–water partition coefficient (Wildman–Crippen LogP) is 2.95. The maximum atomic E-state index is 5.76. The number of benzene rings is 1. The van der Waals surface area contributed by atoms with Crippen molar-refractivity contribution in [3.8, 4) is 18.2 Å². The number of nitrogens with zero attached hydrogens (tertiary/aromatic N) is 2. The van der Waals surface area contributed by atoms with Gasteiger partial charge in [-0.25, -0.2) is 4.98 Å². The molecule has 2 aromatic heterocycles. The van der Waals surface area contributed by atoms with Crippen LogP contribution in [0.25, 0.3) is 22.1 Å². The molecule has 0 aliphatic carbocycles. The van der Waals surface area contributed by atoms with Crippen LogP contribution >= 0.6 is 0 Å². The molecule has 1 aromatic carbocycles. The molecule has 0 atom stereocenters. The van der Waals surface area contributed by atoms with Crippen LogP contribution in [0, 0.1) is 12.3 Å². The van der Waals surface area contributed by atoms with E-state index in [1.165, 1.54) is 0 Å². The molecule has 0 amide bonds. The molecular weight excluding hydrogens is 240 g/mol. The Morgan fingerprint density at radius 3 is 2.95 bits per heavy atom. The molecule has 0 radical (unpaired) electrons. The van der Waals surface area contributed by atoms with E-state index < -0.39 is 0 Å². The number of furan rings is 1. The Morgan fingerprint density at radius 1 is 1.32 bits per heavy atom. The smallest absolute Gasteiger partial charge is 0.262 e. The highest BCUT2D eigenvalue weighted by atomic mass is 16.5. The summed E-state index contributed by atoms with van der Waals surface area (Å²) in [6.45, 7) is 2.15. The molecule has 3 aromatic rings. The Kier molecular flexibility index (Phi) is 2.81. The molecule has 94 valence electrons. The standard InChI is InChI=1S/C15H12N2O2/c1-3-9-18-15-14-13(16-12(4-2)17-15)10-7-5-6-8-11(10)19-14/h1,5-8H,4,9H2,2H3. The van der Waals surface area contributed by atoms with Crippen LogP contribution in [0.3, 0.4) is 0 Å². The molecule has 19 heavy (non-hydrogen) atoms. The number of fused-ring (bicyclic) bond motifs is 3. The van der Waals surface area contributed by atoms with Gasteiger partial charge in [0.15, 0.2) is 6.61 Å². The summed E-state index contributed by atoms with van der Waals surface area (Å²) < 4.78 is 11.2. The molecule has 0 saturated carbocycles. The lowest BCUT2D eigenvalue weighted by Crippen LogP contribution is -2.00. The lowest BCUT2D eigenvalue weighted by Gasteiger charge is -2.03. The summed E-state index contributed by atoms with van der Waals surface area (Å²) in [6.07, 6.45) is 5.94. The molecule has 4 nitrogen and oxygen atoms in total. The third kappa shape index (κ3) is 1.89. The Labute approximate surface area is 110 Å². The predicted molar refractivity (Wildman–Crippen MR) is 73.0 cm³/mol. The van der Waals surface area contributed by atoms with Crippen molar-refractivity contribution in [2.24, 2.45) is 0 Å². The lowest BCUT2D eigenvalue weighted by atomic mass is 10.2. The molecule has 0 unspecified atom stereocenters. The number of para-hydroxylation sites is 1. The first kappa shape index (κ1) is 11.5. The third-order valence-corrected chi connectivity index (χ3v) is 2.84. The Hall–Kier alpha value is -2.54. The van der Waals surface area contributed by atoms with Crippen molar-refractivity contribution in [2.75, 3.05) is 6.61 Å². The van der Waals surface area contributed by atoms with Crippen LogP contribution in [0.5, 0.6) is 5.88 Å². The van der Waals surface area contributed by atoms with E-state index in [1.54, 1.807) is 0 Å². The van der Waals surface area contributed by atoms with Crippen molar-refractivity contribution in [2.45, 2.75) is 13.3 Å². The topological polar surface area (TPSA) is 48.2 Å². The Bertz CT molecular complexity index is 784. The minimum Gasteiger partial charge on any atom is -0.462 e. The molecule has 0 saturated heterocycles. The van der Waals surface area contributed by atoms with Crippen molar-refractivity contribution in [1.29, 1.82) is 0 Å². The molecule has 0 aliphatic heterocycles. The van der Waals surface area contributed by atoms with Gasteiger partial charge < -0.3 is 9.15 Å². The molecule has 0 spiro atoms. The molecule has 0 aliphatic rings. The van der Waals surface area contributed by atoms with Crippen molar-refractivity contribution in [3.05, 3.63) is 30.1 Å². The van der Waals surface area contributed by atoms with Gasteiger partial charge in [0.05, 0.1) is 0 Å². The second-order valence-corrected chi connectivity index (χ2v) is 4.07. The molecule has 0 N–H and O–H groups in total. The van der Waals surface area contributed by atoms with Crippen LogP contribution in [-0.4, -0.2) is 16.6 Å². The van der Waals surface area contributed by atoms with Gasteiger partial charge in [0.2, 0.25) is 5.58 Å². The van der Waals surface area contributed by atoms with Gasteiger partial charge in [-0.2, -0.15) is 4.98 Å². The lowest BCUT2D eigenvalue weighted by molar-refractivity contribution is 0.352. The van der Waals surface area contributed by atoms with Gasteiger partial charge in [0, 0.05) is 11.8 Å². The van der Waals surface area contributed by atoms with Crippen molar-refractivity contribution >= 4 is 22.1 Å². The zero-order valence-corrected chi connectivity index (χ0v) is 10.5. The molecule has 3 rings (SSSR count). The highest BCUT2D eigenvalue weighted by molar-refractivity contribution is 6.03. The largest absolute Gasteiger partial charge is 0.462 e. The van der Waals surface area contributed by atoms with Gasteiger partial charge in [0.1, 0.15) is 16.9 Å².